The van der Waals surface area contributed by atoms with Crippen molar-refractivity contribution in [2.75, 3.05) is 19.6 Å². The third-order valence-corrected chi connectivity index (χ3v) is 2.12. The first-order chi connectivity index (χ1) is 6.93. The zero-order valence-electron chi connectivity index (χ0n) is 10.2. The molecular formula is C11H24N2O2. The van der Waals surface area contributed by atoms with Crippen molar-refractivity contribution < 1.29 is 9.90 Å². The predicted molar refractivity (Wildman–Crippen MR) is 61.6 cm³/mol. The maximum absolute atomic E-state index is 11.2. The van der Waals surface area contributed by atoms with Gasteiger partial charge in [0.2, 0.25) is 5.91 Å². The lowest BCUT2D eigenvalue weighted by atomic mass is 10.1. The van der Waals surface area contributed by atoms with E-state index in [9.17, 15) is 9.90 Å². The maximum Gasteiger partial charge on any atom is 0.233 e. The molecule has 0 saturated heterocycles. The number of carbonyl (C=O) groups excluding carboxylic acids is 1. The molecule has 15 heavy (non-hydrogen) atoms. The van der Waals surface area contributed by atoms with Crippen LogP contribution in [0.5, 0.6) is 0 Å². The van der Waals surface area contributed by atoms with E-state index in [2.05, 4.69) is 24.5 Å². The van der Waals surface area contributed by atoms with Gasteiger partial charge >= 0.3 is 0 Å². The Labute approximate surface area is 92.4 Å². The first-order valence-corrected chi connectivity index (χ1v) is 5.59. The molecule has 0 heterocycles. The molecule has 0 aliphatic rings. The Hall–Kier alpha value is -0.610. The molecule has 0 aromatic carbocycles. The summed E-state index contributed by atoms with van der Waals surface area (Å²) in [6, 6.07) is 0. The van der Waals surface area contributed by atoms with E-state index in [1.54, 1.807) is 0 Å². The lowest BCUT2D eigenvalue weighted by molar-refractivity contribution is -0.120. The maximum atomic E-state index is 11.2. The molecule has 1 amide bonds. The third kappa shape index (κ3) is 8.39. The lowest BCUT2D eigenvalue weighted by Crippen LogP contribution is -2.39. The second-order valence-corrected chi connectivity index (χ2v) is 4.64. The van der Waals surface area contributed by atoms with Gasteiger partial charge in [0.1, 0.15) is 0 Å². The van der Waals surface area contributed by atoms with Crippen LogP contribution in [0.25, 0.3) is 0 Å². The van der Waals surface area contributed by atoms with E-state index in [4.69, 9.17) is 0 Å². The summed E-state index contributed by atoms with van der Waals surface area (Å²) in [6.45, 7) is 9.44. The van der Waals surface area contributed by atoms with Crippen LogP contribution < -0.4 is 10.6 Å². The molecule has 0 radical (unpaired) electrons. The number of nitrogens with one attached hydrogen (secondary N) is 2. The third-order valence-electron chi connectivity index (χ3n) is 2.12. The molecular weight excluding hydrogens is 192 g/mol. The van der Waals surface area contributed by atoms with Gasteiger partial charge in [-0.1, -0.05) is 27.7 Å². The molecule has 4 heteroatoms. The largest absolute Gasteiger partial charge is 0.392 e. The Kier molecular flexibility index (Phi) is 7.34. The van der Waals surface area contributed by atoms with Crippen LogP contribution in [0.1, 0.15) is 27.7 Å². The molecule has 1 unspecified atom stereocenters. The number of aliphatic hydroxyl groups is 1. The molecule has 0 aromatic heterocycles. The average Bonchev–Trinajstić information content (AvgIpc) is 2.14. The fourth-order valence-electron chi connectivity index (χ4n) is 0.950. The summed E-state index contributed by atoms with van der Waals surface area (Å²) in [5.41, 5.74) is 0. The van der Waals surface area contributed by atoms with Crippen molar-refractivity contribution >= 4 is 5.91 Å². The Morgan fingerprint density at radius 3 is 2.27 bits per heavy atom. The molecule has 90 valence electrons. The van der Waals surface area contributed by atoms with E-state index in [1.165, 1.54) is 0 Å². The molecule has 0 aliphatic carbocycles. The number of amides is 1. The summed E-state index contributed by atoms with van der Waals surface area (Å²) >= 11 is 0. The number of hydrogen-bond donors (Lipinski definition) is 3. The molecule has 4 nitrogen and oxygen atoms in total. The van der Waals surface area contributed by atoms with Crippen molar-refractivity contribution in [2.24, 2.45) is 11.8 Å². The summed E-state index contributed by atoms with van der Waals surface area (Å²) in [4.78, 5) is 11.2. The van der Waals surface area contributed by atoms with Crippen LogP contribution in [0, 0.1) is 11.8 Å². The number of hydrogen-bond acceptors (Lipinski definition) is 3. The van der Waals surface area contributed by atoms with Gasteiger partial charge in [0.25, 0.3) is 0 Å². The monoisotopic (exact) mass is 216 g/mol. The predicted octanol–water partition coefficient (Wildman–Crippen LogP) is 0.365. The Morgan fingerprint density at radius 2 is 1.80 bits per heavy atom. The normalized spacial score (nSPS) is 13.3. The second-order valence-electron chi connectivity index (χ2n) is 4.64. The van der Waals surface area contributed by atoms with Gasteiger partial charge in [-0.25, -0.2) is 0 Å². The summed E-state index contributed by atoms with van der Waals surface area (Å²) in [5.74, 6) is 0.672. The molecule has 0 fully saturated rings. The minimum atomic E-state index is -0.386. The van der Waals surface area contributed by atoms with Gasteiger partial charge < -0.3 is 15.7 Å². The van der Waals surface area contributed by atoms with E-state index in [-0.39, 0.29) is 24.5 Å². The van der Waals surface area contributed by atoms with E-state index in [0.717, 1.165) is 0 Å². The van der Waals surface area contributed by atoms with Gasteiger partial charge in [0.15, 0.2) is 0 Å². The van der Waals surface area contributed by atoms with Gasteiger partial charge in [-0.15, -0.1) is 0 Å². The highest BCUT2D eigenvalue weighted by Crippen LogP contribution is 1.98. The van der Waals surface area contributed by atoms with E-state index >= 15 is 0 Å². The summed E-state index contributed by atoms with van der Waals surface area (Å²) in [5, 5.41) is 15.2. The Morgan fingerprint density at radius 1 is 1.20 bits per heavy atom. The molecule has 3 N–H and O–H groups in total. The van der Waals surface area contributed by atoms with Crippen molar-refractivity contribution in [2.45, 2.75) is 33.8 Å². The molecule has 0 bridgehead atoms. The second kappa shape index (κ2) is 7.65. The highest BCUT2D eigenvalue weighted by Gasteiger charge is 2.09. The van der Waals surface area contributed by atoms with Gasteiger partial charge in [-0.2, -0.15) is 0 Å². The van der Waals surface area contributed by atoms with Crippen molar-refractivity contribution in [3.63, 3.8) is 0 Å². The summed E-state index contributed by atoms with van der Waals surface area (Å²) < 4.78 is 0. The molecule has 0 aromatic rings. The van der Waals surface area contributed by atoms with Crippen LogP contribution in [0.2, 0.25) is 0 Å². The Balaban J connectivity index is 3.47. The minimum Gasteiger partial charge on any atom is -0.392 e. The zero-order valence-corrected chi connectivity index (χ0v) is 10.2. The van der Waals surface area contributed by atoms with Gasteiger partial charge in [0, 0.05) is 13.1 Å². The van der Waals surface area contributed by atoms with Crippen LogP contribution in [0.15, 0.2) is 0 Å². The highest BCUT2D eigenvalue weighted by molar-refractivity contribution is 5.77. The van der Waals surface area contributed by atoms with Crippen LogP contribution in [-0.2, 0) is 4.79 Å². The number of rotatable bonds is 7. The highest BCUT2D eigenvalue weighted by atomic mass is 16.3. The van der Waals surface area contributed by atoms with Crippen molar-refractivity contribution in [3.8, 4) is 0 Å². The van der Waals surface area contributed by atoms with Crippen LogP contribution >= 0.6 is 0 Å². The zero-order chi connectivity index (χ0) is 11.8. The number of carbonyl (C=O) groups is 1. The fourth-order valence-corrected chi connectivity index (χ4v) is 0.950. The molecule has 0 saturated carbocycles. The average molecular weight is 216 g/mol. The smallest absolute Gasteiger partial charge is 0.233 e. The SMILES string of the molecule is CC(C)CNC(=O)CNCC(O)C(C)C. The topological polar surface area (TPSA) is 61.4 Å². The molecule has 1 atom stereocenters. The van der Waals surface area contributed by atoms with Crippen molar-refractivity contribution in [1.29, 1.82) is 0 Å². The van der Waals surface area contributed by atoms with Crippen LogP contribution in [0.4, 0.5) is 0 Å². The van der Waals surface area contributed by atoms with E-state index < -0.39 is 0 Å². The summed E-state index contributed by atoms with van der Waals surface area (Å²) in [6.07, 6.45) is -0.386. The van der Waals surface area contributed by atoms with Gasteiger partial charge in [0.05, 0.1) is 12.6 Å². The number of aliphatic hydroxyl groups excluding tert-OH is 1. The van der Waals surface area contributed by atoms with Crippen molar-refractivity contribution in [3.05, 3.63) is 0 Å². The summed E-state index contributed by atoms with van der Waals surface area (Å²) in [7, 11) is 0. The Bertz CT molecular complexity index is 181. The van der Waals surface area contributed by atoms with Gasteiger partial charge in [-0.3, -0.25) is 4.79 Å². The lowest BCUT2D eigenvalue weighted by Gasteiger charge is -2.15. The first kappa shape index (κ1) is 14.4. The minimum absolute atomic E-state index is 0.0142. The molecule has 0 aliphatic heterocycles. The van der Waals surface area contributed by atoms with Crippen LogP contribution in [0.3, 0.4) is 0 Å². The standard InChI is InChI=1S/C11H24N2O2/c1-8(2)5-13-11(15)7-12-6-10(14)9(3)4/h8-10,12,14H,5-7H2,1-4H3,(H,13,15). The quantitative estimate of drug-likeness (QED) is 0.576. The van der Waals surface area contributed by atoms with Crippen LogP contribution in [-0.4, -0.2) is 36.8 Å². The first-order valence-electron chi connectivity index (χ1n) is 5.59. The molecule has 0 rings (SSSR count). The van der Waals surface area contributed by atoms with E-state index in [0.29, 0.717) is 19.0 Å². The van der Waals surface area contributed by atoms with Crippen molar-refractivity contribution in [1.82, 2.24) is 10.6 Å². The van der Waals surface area contributed by atoms with E-state index in [1.807, 2.05) is 13.8 Å². The molecule has 0 spiro atoms. The van der Waals surface area contributed by atoms with Gasteiger partial charge in [-0.05, 0) is 11.8 Å². The fraction of sp³-hybridized carbons (Fsp3) is 0.909.